The van der Waals surface area contributed by atoms with Gasteiger partial charge < -0.3 is 5.32 Å². The van der Waals surface area contributed by atoms with Crippen LogP contribution in [0.15, 0.2) is 46.5 Å². The summed E-state index contributed by atoms with van der Waals surface area (Å²) >= 11 is 5.11. The molecule has 96 valence electrons. The van der Waals surface area contributed by atoms with Crippen LogP contribution in [0.1, 0.15) is 18.5 Å². The average Bonchev–Trinajstić information content (AvgIpc) is 2.81. The number of nitrogens with zero attached hydrogens (tertiary/aromatic N) is 2. The number of thiophene rings is 1. The summed E-state index contributed by atoms with van der Waals surface area (Å²) in [4.78, 5) is 9.62. The molecule has 0 aliphatic rings. The van der Waals surface area contributed by atoms with Crippen LogP contribution >= 0.6 is 27.3 Å². The minimum Gasteiger partial charge on any atom is -0.363 e. The quantitative estimate of drug-likeness (QED) is 0.759. The summed E-state index contributed by atoms with van der Waals surface area (Å²) in [6, 6.07) is 12.6. The van der Waals surface area contributed by atoms with E-state index in [0.29, 0.717) is 0 Å². The van der Waals surface area contributed by atoms with Crippen molar-refractivity contribution in [3.8, 4) is 0 Å². The molecule has 0 bridgehead atoms. The second kappa shape index (κ2) is 5.27. The molecular formula is C14H12BrN3S. The molecule has 0 saturated carbocycles. The van der Waals surface area contributed by atoms with Crippen LogP contribution in [0.25, 0.3) is 10.2 Å². The highest BCUT2D eigenvalue weighted by atomic mass is 79.9. The summed E-state index contributed by atoms with van der Waals surface area (Å²) in [5.41, 5.74) is 1.24. The van der Waals surface area contributed by atoms with E-state index in [0.717, 1.165) is 19.8 Å². The number of rotatable bonds is 3. The summed E-state index contributed by atoms with van der Waals surface area (Å²) < 4.78 is 1.07. The first-order valence-electron chi connectivity index (χ1n) is 5.95. The Morgan fingerprint density at radius 2 is 2.00 bits per heavy atom. The van der Waals surface area contributed by atoms with Crippen LogP contribution in [0.3, 0.4) is 0 Å². The Balaban J connectivity index is 1.93. The van der Waals surface area contributed by atoms with Crippen LogP contribution in [-0.4, -0.2) is 9.97 Å². The van der Waals surface area contributed by atoms with Gasteiger partial charge in [0.2, 0.25) is 0 Å². The zero-order valence-electron chi connectivity index (χ0n) is 10.3. The van der Waals surface area contributed by atoms with Gasteiger partial charge in [0.05, 0.1) is 9.17 Å². The second-order valence-electron chi connectivity index (χ2n) is 4.27. The minimum absolute atomic E-state index is 0.206. The number of halogens is 1. The van der Waals surface area contributed by atoms with Crippen molar-refractivity contribution in [1.29, 1.82) is 0 Å². The van der Waals surface area contributed by atoms with Crippen LogP contribution in [0.2, 0.25) is 0 Å². The standard InChI is InChI=1S/C14H12BrN3S/c1-9(10-5-3-2-4-6-10)18-13-11-7-12(15)19-14(11)17-8-16-13/h2-9H,1H3,(H,16,17,18)/t9-/m1/s1. The number of benzene rings is 1. The number of anilines is 1. The fourth-order valence-electron chi connectivity index (χ4n) is 1.97. The molecule has 5 heteroatoms. The van der Waals surface area contributed by atoms with E-state index in [-0.39, 0.29) is 6.04 Å². The van der Waals surface area contributed by atoms with E-state index in [1.54, 1.807) is 17.7 Å². The first-order valence-corrected chi connectivity index (χ1v) is 7.56. The van der Waals surface area contributed by atoms with Crippen molar-refractivity contribution >= 4 is 43.3 Å². The third-order valence-electron chi connectivity index (χ3n) is 2.95. The van der Waals surface area contributed by atoms with Crippen molar-refractivity contribution in [2.45, 2.75) is 13.0 Å². The van der Waals surface area contributed by atoms with Crippen LogP contribution in [-0.2, 0) is 0 Å². The zero-order valence-corrected chi connectivity index (χ0v) is 12.7. The highest BCUT2D eigenvalue weighted by Gasteiger charge is 2.10. The maximum absolute atomic E-state index is 4.35. The first-order chi connectivity index (χ1) is 9.24. The smallest absolute Gasteiger partial charge is 0.138 e. The van der Waals surface area contributed by atoms with Crippen LogP contribution < -0.4 is 5.32 Å². The zero-order chi connectivity index (χ0) is 13.2. The highest BCUT2D eigenvalue weighted by molar-refractivity contribution is 9.11. The number of hydrogen-bond acceptors (Lipinski definition) is 4. The molecule has 0 fully saturated rings. The van der Waals surface area contributed by atoms with Crippen LogP contribution in [0.4, 0.5) is 5.82 Å². The monoisotopic (exact) mass is 333 g/mol. The van der Waals surface area contributed by atoms with E-state index in [9.17, 15) is 0 Å². The molecule has 1 N–H and O–H groups in total. The van der Waals surface area contributed by atoms with Gasteiger partial charge in [0.15, 0.2) is 0 Å². The van der Waals surface area contributed by atoms with Crippen LogP contribution in [0, 0.1) is 0 Å². The molecule has 0 amide bonds. The summed E-state index contributed by atoms with van der Waals surface area (Å²) in [6.45, 7) is 2.13. The first kappa shape index (κ1) is 12.6. The van der Waals surface area contributed by atoms with Gasteiger partial charge in [0, 0.05) is 6.04 Å². The van der Waals surface area contributed by atoms with E-state index < -0.39 is 0 Å². The van der Waals surface area contributed by atoms with E-state index in [4.69, 9.17) is 0 Å². The predicted molar refractivity (Wildman–Crippen MR) is 83.6 cm³/mol. The van der Waals surface area contributed by atoms with Crippen LogP contribution in [0.5, 0.6) is 0 Å². The summed E-state index contributed by atoms with van der Waals surface area (Å²) in [6.07, 6.45) is 1.60. The second-order valence-corrected chi connectivity index (χ2v) is 6.68. The van der Waals surface area contributed by atoms with Gasteiger partial charge >= 0.3 is 0 Å². The van der Waals surface area contributed by atoms with Gasteiger partial charge in [-0.25, -0.2) is 9.97 Å². The molecule has 2 aromatic heterocycles. The van der Waals surface area contributed by atoms with Gasteiger partial charge in [0.25, 0.3) is 0 Å². The van der Waals surface area contributed by atoms with Crippen molar-refractivity contribution < 1.29 is 0 Å². The maximum atomic E-state index is 4.35. The van der Waals surface area contributed by atoms with Crippen molar-refractivity contribution in [3.63, 3.8) is 0 Å². The fourth-order valence-corrected chi connectivity index (χ4v) is 3.39. The molecule has 0 saturated heterocycles. The lowest BCUT2D eigenvalue weighted by molar-refractivity contribution is 0.876. The molecule has 2 heterocycles. The van der Waals surface area contributed by atoms with Crippen molar-refractivity contribution in [3.05, 3.63) is 52.1 Å². The molecule has 0 radical (unpaired) electrons. The van der Waals surface area contributed by atoms with E-state index in [1.165, 1.54) is 5.56 Å². The lowest BCUT2D eigenvalue weighted by Gasteiger charge is -2.15. The van der Waals surface area contributed by atoms with E-state index in [2.05, 4.69) is 56.3 Å². The molecule has 0 unspecified atom stereocenters. The van der Waals surface area contributed by atoms with Crippen molar-refractivity contribution in [2.24, 2.45) is 0 Å². The van der Waals surface area contributed by atoms with Gasteiger partial charge in [-0.05, 0) is 34.5 Å². The summed E-state index contributed by atoms with van der Waals surface area (Å²) in [7, 11) is 0. The third-order valence-corrected chi connectivity index (χ3v) is 4.50. The molecular weight excluding hydrogens is 322 g/mol. The summed E-state index contributed by atoms with van der Waals surface area (Å²) in [5, 5.41) is 4.51. The largest absolute Gasteiger partial charge is 0.363 e. The fraction of sp³-hybridized carbons (Fsp3) is 0.143. The molecule has 3 rings (SSSR count). The molecule has 0 spiro atoms. The average molecular weight is 334 g/mol. The molecule has 0 aliphatic carbocycles. The van der Waals surface area contributed by atoms with Gasteiger partial charge in [-0.3, -0.25) is 0 Å². The third kappa shape index (κ3) is 2.62. The van der Waals surface area contributed by atoms with Gasteiger partial charge in [-0.2, -0.15) is 0 Å². The molecule has 1 aromatic carbocycles. The number of fused-ring (bicyclic) bond motifs is 1. The predicted octanol–water partition coefficient (Wildman–Crippen LogP) is 4.63. The van der Waals surface area contributed by atoms with Gasteiger partial charge in [-0.15, -0.1) is 11.3 Å². The Morgan fingerprint density at radius 3 is 2.79 bits per heavy atom. The Hall–Kier alpha value is -1.46. The number of hydrogen-bond donors (Lipinski definition) is 1. The molecule has 3 nitrogen and oxygen atoms in total. The number of aromatic nitrogens is 2. The Morgan fingerprint density at radius 1 is 1.21 bits per heavy atom. The van der Waals surface area contributed by atoms with Gasteiger partial charge in [-0.1, -0.05) is 30.3 Å². The molecule has 3 aromatic rings. The molecule has 0 aliphatic heterocycles. The summed E-state index contributed by atoms with van der Waals surface area (Å²) in [5.74, 6) is 0.878. The molecule has 19 heavy (non-hydrogen) atoms. The highest BCUT2D eigenvalue weighted by Crippen LogP contribution is 2.32. The number of nitrogens with one attached hydrogen (secondary N) is 1. The molecule has 1 atom stereocenters. The minimum atomic E-state index is 0.206. The SMILES string of the molecule is C[C@@H](Nc1ncnc2sc(Br)cc12)c1ccccc1. The lowest BCUT2D eigenvalue weighted by Crippen LogP contribution is -2.08. The maximum Gasteiger partial charge on any atom is 0.138 e. The van der Waals surface area contributed by atoms with Gasteiger partial charge in [0.1, 0.15) is 17.0 Å². The topological polar surface area (TPSA) is 37.8 Å². The Labute approximate surface area is 123 Å². The van der Waals surface area contributed by atoms with E-state index >= 15 is 0 Å². The lowest BCUT2D eigenvalue weighted by atomic mass is 10.1. The van der Waals surface area contributed by atoms with Crippen molar-refractivity contribution in [1.82, 2.24) is 9.97 Å². The van der Waals surface area contributed by atoms with Crippen molar-refractivity contribution in [2.75, 3.05) is 5.32 Å². The normalized spacial score (nSPS) is 12.5. The van der Waals surface area contributed by atoms with E-state index in [1.807, 2.05) is 18.2 Å². The Bertz CT molecular complexity index is 696. The Kier molecular flexibility index (Phi) is 3.48.